The summed E-state index contributed by atoms with van der Waals surface area (Å²) in [5.74, 6) is -1.07. The molecule has 0 spiro atoms. The number of fused-ring (bicyclic) bond motifs is 2. The summed E-state index contributed by atoms with van der Waals surface area (Å²) >= 11 is 0. The predicted octanol–water partition coefficient (Wildman–Crippen LogP) is 4.21. The van der Waals surface area contributed by atoms with Crippen molar-refractivity contribution in [2.75, 3.05) is 16.8 Å². The van der Waals surface area contributed by atoms with Crippen molar-refractivity contribution in [1.82, 2.24) is 0 Å². The normalized spacial score (nSPS) is 12.7. The number of carbonyl (C=O) groups excluding carboxylic acids is 2. The Balaban J connectivity index is 1.58. The van der Waals surface area contributed by atoms with Gasteiger partial charge in [0.2, 0.25) is 0 Å². The van der Waals surface area contributed by atoms with Crippen molar-refractivity contribution in [3.63, 3.8) is 0 Å². The number of hydrogen-bond donors (Lipinski definition) is 4. The molecule has 0 fully saturated rings. The zero-order chi connectivity index (χ0) is 25.6. The van der Waals surface area contributed by atoms with Crippen LogP contribution in [0.4, 0.5) is 22.7 Å². The van der Waals surface area contributed by atoms with Crippen LogP contribution in [0, 0.1) is 0 Å². The summed E-state index contributed by atoms with van der Waals surface area (Å²) in [4.78, 5) is 26.0. The van der Waals surface area contributed by atoms with Gasteiger partial charge in [0.05, 0.1) is 22.5 Å². The molecule has 0 heterocycles. The second-order valence-electron chi connectivity index (χ2n) is 8.46. The Morgan fingerprint density at radius 2 is 1.36 bits per heavy atom. The number of benzene rings is 4. The SMILES string of the molecule is Nc1ccccc1Cc1ccc(Nc2cc(S(=O)(=O)O)c(N)c3c2C(=O)c2ccccc2C3=O)cc1. The van der Waals surface area contributed by atoms with E-state index in [1.165, 1.54) is 12.1 Å². The molecule has 0 amide bonds. The third-order valence-corrected chi connectivity index (χ3v) is 7.05. The summed E-state index contributed by atoms with van der Waals surface area (Å²) in [7, 11) is -4.79. The third-order valence-electron chi connectivity index (χ3n) is 6.16. The highest BCUT2D eigenvalue weighted by Crippen LogP contribution is 2.40. The van der Waals surface area contributed by atoms with E-state index in [0.29, 0.717) is 17.8 Å². The maximum Gasteiger partial charge on any atom is 0.296 e. The molecule has 180 valence electrons. The first-order valence-electron chi connectivity index (χ1n) is 11.0. The highest BCUT2D eigenvalue weighted by molar-refractivity contribution is 7.86. The van der Waals surface area contributed by atoms with Crippen LogP contribution in [-0.4, -0.2) is 24.5 Å². The van der Waals surface area contributed by atoms with Crippen LogP contribution in [0.15, 0.2) is 83.8 Å². The van der Waals surface area contributed by atoms with Crippen molar-refractivity contribution < 1.29 is 22.6 Å². The second-order valence-corrected chi connectivity index (χ2v) is 9.85. The van der Waals surface area contributed by atoms with Gasteiger partial charge in [-0.25, -0.2) is 0 Å². The van der Waals surface area contributed by atoms with Gasteiger partial charge in [-0.1, -0.05) is 54.6 Å². The van der Waals surface area contributed by atoms with E-state index < -0.39 is 32.3 Å². The van der Waals surface area contributed by atoms with Gasteiger partial charge in [0, 0.05) is 22.5 Å². The molecule has 0 atom stereocenters. The molecule has 0 aliphatic heterocycles. The third kappa shape index (κ3) is 4.00. The van der Waals surface area contributed by atoms with E-state index in [1.54, 1.807) is 24.3 Å². The maximum atomic E-state index is 13.4. The number of carbonyl (C=O) groups is 2. The van der Waals surface area contributed by atoms with Gasteiger partial charge in [0.1, 0.15) is 4.90 Å². The van der Waals surface area contributed by atoms with E-state index in [1.807, 2.05) is 36.4 Å². The zero-order valence-electron chi connectivity index (χ0n) is 18.9. The van der Waals surface area contributed by atoms with Gasteiger partial charge in [0.15, 0.2) is 11.6 Å². The molecule has 0 saturated heterocycles. The molecule has 4 aromatic carbocycles. The molecule has 9 heteroatoms. The lowest BCUT2D eigenvalue weighted by Crippen LogP contribution is -2.25. The van der Waals surface area contributed by atoms with Crippen LogP contribution >= 0.6 is 0 Å². The molecule has 8 nitrogen and oxygen atoms in total. The molecular weight excluding hydrogens is 478 g/mol. The summed E-state index contributed by atoms with van der Waals surface area (Å²) < 4.78 is 33.9. The number of ketones is 2. The first-order chi connectivity index (χ1) is 17.1. The molecule has 0 bridgehead atoms. The maximum absolute atomic E-state index is 13.4. The van der Waals surface area contributed by atoms with Crippen molar-refractivity contribution >= 4 is 44.4 Å². The highest BCUT2D eigenvalue weighted by atomic mass is 32.2. The number of nitrogen functional groups attached to an aromatic ring is 2. The fourth-order valence-corrected chi connectivity index (χ4v) is 5.03. The zero-order valence-corrected chi connectivity index (χ0v) is 19.7. The van der Waals surface area contributed by atoms with E-state index in [2.05, 4.69) is 5.32 Å². The summed E-state index contributed by atoms with van der Waals surface area (Å²) in [6.45, 7) is 0. The number of anilines is 4. The summed E-state index contributed by atoms with van der Waals surface area (Å²) in [5.41, 5.74) is 14.8. The van der Waals surface area contributed by atoms with E-state index in [9.17, 15) is 22.6 Å². The topological polar surface area (TPSA) is 153 Å². The average molecular weight is 500 g/mol. The lowest BCUT2D eigenvalue weighted by atomic mass is 9.82. The number of nitrogens with two attached hydrogens (primary N) is 2. The minimum absolute atomic E-state index is 0.0414. The van der Waals surface area contributed by atoms with Gasteiger partial charge in [0.25, 0.3) is 10.1 Å². The van der Waals surface area contributed by atoms with E-state index >= 15 is 0 Å². The van der Waals surface area contributed by atoms with Crippen LogP contribution in [0.25, 0.3) is 0 Å². The Bertz CT molecular complexity index is 1660. The van der Waals surface area contributed by atoms with Crippen molar-refractivity contribution in [3.8, 4) is 0 Å². The molecule has 4 aromatic rings. The Morgan fingerprint density at radius 3 is 1.97 bits per heavy atom. The fourth-order valence-electron chi connectivity index (χ4n) is 4.38. The second kappa shape index (κ2) is 8.63. The lowest BCUT2D eigenvalue weighted by molar-refractivity contribution is 0.0980. The first-order valence-corrected chi connectivity index (χ1v) is 12.4. The van der Waals surface area contributed by atoms with Crippen LogP contribution in [-0.2, 0) is 16.5 Å². The van der Waals surface area contributed by atoms with Gasteiger partial charge in [-0.05, 0) is 41.8 Å². The van der Waals surface area contributed by atoms with Crippen molar-refractivity contribution in [2.45, 2.75) is 11.3 Å². The summed E-state index contributed by atoms with van der Waals surface area (Å²) in [6.07, 6.45) is 0.612. The standard InChI is InChI=1S/C27H21N3O5S/c28-20-8-4-1-5-16(20)13-15-9-11-17(12-10-15)30-21-14-22(36(33,34)35)25(29)24-23(21)26(31)18-6-2-3-7-19(18)27(24)32/h1-12,14,30H,13,28-29H2,(H,33,34,35). The fraction of sp³-hybridized carbons (Fsp3) is 0.0370. The quantitative estimate of drug-likeness (QED) is 0.207. The number of rotatable bonds is 5. The van der Waals surface area contributed by atoms with Crippen molar-refractivity contribution in [3.05, 3.63) is 112 Å². The minimum atomic E-state index is -4.79. The van der Waals surface area contributed by atoms with Gasteiger partial charge in [-0.15, -0.1) is 0 Å². The number of hydrogen-bond acceptors (Lipinski definition) is 7. The van der Waals surface area contributed by atoms with Crippen LogP contribution in [0.2, 0.25) is 0 Å². The van der Waals surface area contributed by atoms with Gasteiger partial charge >= 0.3 is 0 Å². The first kappa shape index (κ1) is 23.3. The smallest absolute Gasteiger partial charge is 0.296 e. The molecule has 5 rings (SSSR count). The number of nitrogens with one attached hydrogen (secondary N) is 1. The Hall–Kier alpha value is -4.47. The van der Waals surface area contributed by atoms with Crippen LogP contribution in [0.5, 0.6) is 0 Å². The molecule has 0 unspecified atom stereocenters. The molecule has 0 radical (unpaired) electrons. The van der Waals surface area contributed by atoms with Crippen LogP contribution in [0.3, 0.4) is 0 Å². The van der Waals surface area contributed by atoms with E-state index in [0.717, 1.165) is 17.2 Å². The van der Waals surface area contributed by atoms with Gasteiger partial charge in [-0.3, -0.25) is 14.1 Å². The Labute approximate surface area is 207 Å². The largest absolute Gasteiger partial charge is 0.398 e. The molecule has 6 N–H and O–H groups in total. The van der Waals surface area contributed by atoms with E-state index in [4.69, 9.17) is 11.5 Å². The van der Waals surface area contributed by atoms with Crippen LogP contribution in [0.1, 0.15) is 43.0 Å². The average Bonchev–Trinajstić information content (AvgIpc) is 2.85. The molecule has 0 aromatic heterocycles. The van der Waals surface area contributed by atoms with E-state index in [-0.39, 0.29) is 27.9 Å². The molecular formula is C27H21N3O5S. The van der Waals surface area contributed by atoms with Crippen molar-refractivity contribution in [2.24, 2.45) is 0 Å². The number of para-hydroxylation sites is 1. The molecule has 1 aliphatic carbocycles. The summed E-state index contributed by atoms with van der Waals surface area (Å²) in [5, 5.41) is 3.03. The Morgan fingerprint density at radius 1 is 0.778 bits per heavy atom. The molecule has 1 aliphatic rings. The van der Waals surface area contributed by atoms with Crippen molar-refractivity contribution in [1.29, 1.82) is 0 Å². The van der Waals surface area contributed by atoms with Crippen LogP contribution < -0.4 is 16.8 Å². The van der Waals surface area contributed by atoms with Gasteiger partial charge < -0.3 is 16.8 Å². The lowest BCUT2D eigenvalue weighted by Gasteiger charge is -2.23. The molecule has 36 heavy (non-hydrogen) atoms. The predicted molar refractivity (Wildman–Crippen MR) is 137 cm³/mol. The van der Waals surface area contributed by atoms with Gasteiger partial charge in [-0.2, -0.15) is 8.42 Å². The Kier molecular flexibility index (Phi) is 5.58. The summed E-state index contributed by atoms with van der Waals surface area (Å²) in [6, 6.07) is 22.1. The highest BCUT2D eigenvalue weighted by Gasteiger charge is 2.36. The monoisotopic (exact) mass is 499 g/mol. The molecule has 0 saturated carbocycles. The minimum Gasteiger partial charge on any atom is -0.398 e.